The standard InChI is InChI=1S/C20H21NO4S/c1-13-3-9-19-17(11-13)18-12-14(4-10-20(18)25-19)21-26(22,23)16-7-5-15(24-2)6-8-16/h4-8,10,12-13,21H,3,9,11H2,1-2H3/t13-/m1/s1. The monoisotopic (exact) mass is 371 g/mol. The van der Waals surface area contributed by atoms with Crippen molar-refractivity contribution in [3.8, 4) is 5.75 Å². The summed E-state index contributed by atoms with van der Waals surface area (Å²) >= 11 is 0. The third-order valence-corrected chi connectivity index (χ3v) is 6.31. The second-order valence-electron chi connectivity index (χ2n) is 6.84. The number of methoxy groups -OCH3 is 1. The number of rotatable bonds is 4. The highest BCUT2D eigenvalue weighted by molar-refractivity contribution is 7.92. The van der Waals surface area contributed by atoms with E-state index >= 15 is 0 Å². The summed E-state index contributed by atoms with van der Waals surface area (Å²) in [5.74, 6) is 2.26. The van der Waals surface area contributed by atoms with Crippen LogP contribution in [0.15, 0.2) is 51.8 Å². The molecule has 4 rings (SSSR count). The highest BCUT2D eigenvalue weighted by Gasteiger charge is 2.22. The molecule has 0 fully saturated rings. The van der Waals surface area contributed by atoms with Crippen molar-refractivity contribution in [3.63, 3.8) is 0 Å². The van der Waals surface area contributed by atoms with Crippen LogP contribution < -0.4 is 9.46 Å². The minimum atomic E-state index is -3.66. The Hall–Kier alpha value is -2.47. The van der Waals surface area contributed by atoms with Gasteiger partial charge in [-0.05, 0) is 61.2 Å². The normalized spacial score (nSPS) is 17.1. The van der Waals surface area contributed by atoms with Crippen molar-refractivity contribution in [3.05, 3.63) is 53.8 Å². The molecule has 0 saturated carbocycles. The van der Waals surface area contributed by atoms with Gasteiger partial charge in [-0.2, -0.15) is 0 Å². The fraction of sp³-hybridized carbons (Fsp3) is 0.300. The Balaban J connectivity index is 1.67. The molecule has 0 spiro atoms. The van der Waals surface area contributed by atoms with E-state index in [1.165, 1.54) is 17.7 Å². The maximum absolute atomic E-state index is 12.6. The lowest BCUT2D eigenvalue weighted by Gasteiger charge is -2.16. The molecule has 0 radical (unpaired) electrons. The van der Waals surface area contributed by atoms with Crippen molar-refractivity contribution in [2.75, 3.05) is 11.8 Å². The number of fused-ring (bicyclic) bond motifs is 3. The molecule has 0 bridgehead atoms. The molecule has 3 aromatic rings. The SMILES string of the molecule is COc1ccc(S(=O)(=O)Nc2ccc3oc4c(c3c2)C[C@H](C)CC4)cc1. The third-order valence-electron chi connectivity index (χ3n) is 4.91. The van der Waals surface area contributed by atoms with Crippen LogP contribution in [-0.4, -0.2) is 15.5 Å². The van der Waals surface area contributed by atoms with Crippen LogP contribution in [0.2, 0.25) is 0 Å². The zero-order chi connectivity index (χ0) is 18.3. The molecule has 0 saturated heterocycles. The molecule has 2 aromatic carbocycles. The first-order chi connectivity index (χ1) is 12.5. The van der Waals surface area contributed by atoms with Crippen LogP contribution >= 0.6 is 0 Å². The summed E-state index contributed by atoms with van der Waals surface area (Å²) < 4.78 is 39.0. The van der Waals surface area contributed by atoms with Crippen LogP contribution in [0.1, 0.15) is 24.7 Å². The zero-order valence-electron chi connectivity index (χ0n) is 14.8. The molecule has 0 amide bonds. The second kappa shape index (κ2) is 6.36. The van der Waals surface area contributed by atoms with Gasteiger partial charge in [-0.25, -0.2) is 8.42 Å². The molecule has 5 nitrogen and oxygen atoms in total. The average Bonchev–Trinajstić information content (AvgIpc) is 2.99. The molecule has 6 heteroatoms. The lowest BCUT2D eigenvalue weighted by atomic mass is 9.88. The number of aryl methyl sites for hydroxylation is 1. The molecule has 136 valence electrons. The molecule has 26 heavy (non-hydrogen) atoms. The quantitative estimate of drug-likeness (QED) is 0.739. The minimum Gasteiger partial charge on any atom is -0.497 e. The maximum Gasteiger partial charge on any atom is 0.261 e. The van der Waals surface area contributed by atoms with E-state index in [1.807, 2.05) is 12.1 Å². The van der Waals surface area contributed by atoms with Crippen LogP contribution in [-0.2, 0) is 22.9 Å². The average molecular weight is 371 g/mol. The van der Waals surface area contributed by atoms with E-state index in [9.17, 15) is 8.42 Å². The summed E-state index contributed by atoms with van der Waals surface area (Å²) in [6.07, 6.45) is 3.04. The maximum atomic E-state index is 12.6. The number of benzene rings is 2. The van der Waals surface area contributed by atoms with Crippen LogP contribution in [0.5, 0.6) is 5.75 Å². The highest BCUT2D eigenvalue weighted by Crippen LogP contribution is 2.35. The van der Waals surface area contributed by atoms with Gasteiger partial charge in [-0.15, -0.1) is 0 Å². The van der Waals surface area contributed by atoms with Crippen molar-refractivity contribution in [1.29, 1.82) is 0 Å². The molecule has 1 atom stereocenters. The van der Waals surface area contributed by atoms with Gasteiger partial charge in [0.1, 0.15) is 17.1 Å². The van der Waals surface area contributed by atoms with Gasteiger partial charge in [0.15, 0.2) is 0 Å². The van der Waals surface area contributed by atoms with Gasteiger partial charge in [-0.1, -0.05) is 6.92 Å². The van der Waals surface area contributed by atoms with Crippen molar-refractivity contribution in [1.82, 2.24) is 0 Å². The molecule has 1 aromatic heterocycles. The van der Waals surface area contributed by atoms with E-state index in [-0.39, 0.29) is 4.90 Å². The molecular weight excluding hydrogens is 350 g/mol. The van der Waals surface area contributed by atoms with Crippen molar-refractivity contribution < 1.29 is 17.6 Å². The van der Waals surface area contributed by atoms with E-state index in [0.717, 1.165) is 36.0 Å². The van der Waals surface area contributed by atoms with E-state index in [4.69, 9.17) is 9.15 Å². The Morgan fingerprint density at radius 1 is 1.15 bits per heavy atom. The van der Waals surface area contributed by atoms with Crippen LogP contribution in [0.3, 0.4) is 0 Å². The van der Waals surface area contributed by atoms with E-state index in [2.05, 4.69) is 11.6 Å². The topological polar surface area (TPSA) is 68.5 Å². The first kappa shape index (κ1) is 17.0. The van der Waals surface area contributed by atoms with Crippen LogP contribution in [0.25, 0.3) is 11.0 Å². The third kappa shape index (κ3) is 3.05. The molecule has 0 unspecified atom stereocenters. The number of sulfonamides is 1. The van der Waals surface area contributed by atoms with Gasteiger partial charge in [-0.3, -0.25) is 4.72 Å². The fourth-order valence-electron chi connectivity index (χ4n) is 3.49. The van der Waals surface area contributed by atoms with Gasteiger partial charge < -0.3 is 9.15 Å². The summed E-state index contributed by atoms with van der Waals surface area (Å²) in [6.45, 7) is 2.23. The Labute approximate surface area is 153 Å². The second-order valence-corrected chi connectivity index (χ2v) is 8.53. The van der Waals surface area contributed by atoms with Crippen molar-refractivity contribution in [2.24, 2.45) is 5.92 Å². The van der Waals surface area contributed by atoms with Gasteiger partial charge in [0.05, 0.1) is 12.0 Å². The fourth-order valence-corrected chi connectivity index (χ4v) is 4.54. The number of furan rings is 1. The molecule has 1 aliphatic carbocycles. The molecule has 1 aliphatic rings. The summed E-state index contributed by atoms with van der Waals surface area (Å²) in [5.41, 5.74) is 2.57. The predicted molar refractivity (Wildman–Crippen MR) is 101 cm³/mol. The number of hydrogen-bond donors (Lipinski definition) is 1. The van der Waals surface area contributed by atoms with E-state index in [0.29, 0.717) is 17.4 Å². The predicted octanol–water partition coefficient (Wildman–Crippen LogP) is 4.37. The number of hydrogen-bond acceptors (Lipinski definition) is 4. The van der Waals surface area contributed by atoms with E-state index < -0.39 is 10.0 Å². The van der Waals surface area contributed by atoms with E-state index in [1.54, 1.807) is 25.3 Å². The Bertz CT molecular complexity index is 1050. The summed E-state index contributed by atoms with van der Waals surface area (Å²) in [5, 5.41) is 1.00. The first-order valence-corrected chi connectivity index (χ1v) is 10.2. The smallest absolute Gasteiger partial charge is 0.261 e. The summed E-state index contributed by atoms with van der Waals surface area (Å²) in [4.78, 5) is 0.196. The largest absolute Gasteiger partial charge is 0.497 e. The lowest BCUT2D eigenvalue weighted by Crippen LogP contribution is -2.13. The molecular formula is C20H21NO4S. The summed E-state index contributed by atoms with van der Waals surface area (Å²) in [6, 6.07) is 11.8. The Morgan fingerprint density at radius 2 is 1.92 bits per heavy atom. The number of anilines is 1. The van der Waals surface area contributed by atoms with Crippen molar-refractivity contribution >= 4 is 26.7 Å². The number of nitrogens with one attached hydrogen (secondary N) is 1. The van der Waals surface area contributed by atoms with Gasteiger partial charge in [0, 0.05) is 23.1 Å². The number of ether oxygens (including phenoxy) is 1. The Kier molecular flexibility index (Phi) is 4.15. The highest BCUT2D eigenvalue weighted by atomic mass is 32.2. The first-order valence-electron chi connectivity index (χ1n) is 8.67. The zero-order valence-corrected chi connectivity index (χ0v) is 15.6. The molecule has 1 heterocycles. The van der Waals surface area contributed by atoms with Crippen LogP contribution in [0.4, 0.5) is 5.69 Å². The molecule has 1 N–H and O–H groups in total. The Morgan fingerprint density at radius 3 is 2.65 bits per heavy atom. The van der Waals surface area contributed by atoms with Crippen molar-refractivity contribution in [2.45, 2.75) is 31.1 Å². The minimum absolute atomic E-state index is 0.196. The summed E-state index contributed by atoms with van der Waals surface area (Å²) in [7, 11) is -2.11. The van der Waals surface area contributed by atoms with Crippen LogP contribution in [0, 0.1) is 5.92 Å². The molecule has 0 aliphatic heterocycles. The van der Waals surface area contributed by atoms with Gasteiger partial charge in [0.25, 0.3) is 10.0 Å². The van der Waals surface area contributed by atoms with Gasteiger partial charge in [0.2, 0.25) is 0 Å². The van der Waals surface area contributed by atoms with Gasteiger partial charge >= 0.3 is 0 Å². The lowest BCUT2D eigenvalue weighted by molar-refractivity contribution is 0.414.